The summed E-state index contributed by atoms with van der Waals surface area (Å²) in [6.45, 7) is 0. The van der Waals surface area contributed by atoms with Gasteiger partial charge in [-0.15, -0.1) is 0 Å². The van der Waals surface area contributed by atoms with Crippen molar-refractivity contribution in [3.8, 4) is 0 Å². The quantitative estimate of drug-likeness (QED) is 0.722. The SMILES string of the molecule is N[C@H]1CCCc2cc(I)ccc21. The van der Waals surface area contributed by atoms with Crippen LogP contribution in [0.5, 0.6) is 0 Å². The van der Waals surface area contributed by atoms with Gasteiger partial charge < -0.3 is 5.73 Å². The van der Waals surface area contributed by atoms with Gasteiger partial charge in [-0.2, -0.15) is 0 Å². The van der Waals surface area contributed by atoms with Gasteiger partial charge in [0.1, 0.15) is 0 Å². The summed E-state index contributed by atoms with van der Waals surface area (Å²) in [7, 11) is 0. The number of halogens is 1. The summed E-state index contributed by atoms with van der Waals surface area (Å²) in [4.78, 5) is 0. The van der Waals surface area contributed by atoms with Crippen LogP contribution in [0.2, 0.25) is 0 Å². The Labute approximate surface area is 86.5 Å². The number of hydrogen-bond acceptors (Lipinski definition) is 1. The highest BCUT2D eigenvalue weighted by molar-refractivity contribution is 14.1. The maximum absolute atomic E-state index is 5.99. The Morgan fingerprint density at radius 2 is 2.25 bits per heavy atom. The first-order chi connectivity index (χ1) is 5.77. The fraction of sp³-hybridized carbons (Fsp3) is 0.400. The van der Waals surface area contributed by atoms with Crippen LogP contribution in [0.15, 0.2) is 18.2 Å². The molecule has 1 nitrogen and oxygen atoms in total. The van der Waals surface area contributed by atoms with E-state index < -0.39 is 0 Å². The van der Waals surface area contributed by atoms with Gasteiger partial charge in [0, 0.05) is 9.61 Å². The molecular formula is C10H12IN. The van der Waals surface area contributed by atoms with Crippen molar-refractivity contribution in [3.05, 3.63) is 32.9 Å². The van der Waals surface area contributed by atoms with Gasteiger partial charge in [-0.1, -0.05) is 6.07 Å². The van der Waals surface area contributed by atoms with Gasteiger partial charge in [0.05, 0.1) is 0 Å². The first kappa shape index (κ1) is 8.51. The van der Waals surface area contributed by atoms with Gasteiger partial charge in [-0.3, -0.25) is 0 Å². The third-order valence-corrected chi connectivity index (χ3v) is 3.14. The van der Waals surface area contributed by atoms with E-state index in [4.69, 9.17) is 5.73 Å². The van der Waals surface area contributed by atoms with Gasteiger partial charge in [0.15, 0.2) is 0 Å². The molecule has 1 aliphatic rings. The van der Waals surface area contributed by atoms with E-state index in [-0.39, 0.29) is 6.04 Å². The molecule has 1 aliphatic carbocycles. The molecule has 0 aliphatic heterocycles. The van der Waals surface area contributed by atoms with Gasteiger partial charge in [0.25, 0.3) is 0 Å². The number of benzene rings is 1. The molecule has 0 heterocycles. The molecule has 2 rings (SSSR count). The van der Waals surface area contributed by atoms with E-state index in [1.807, 2.05) is 0 Å². The fourth-order valence-electron chi connectivity index (χ4n) is 1.82. The standard InChI is InChI=1S/C10H12IN/c11-8-4-5-9-7(6-8)2-1-3-10(9)12/h4-6,10H,1-3,12H2/t10-/m0/s1. The third kappa shape index (κ3) is 1.50. The second-order valence-electron chi connectivity index (χ2n) is 3.34. The minimum Gasteiger partial charge on any atom is -0.324 e. The Kier molecular flexibility index (Phi) is 2.37. The summed E-state index contributed by atoms with van der Waals surface area (Å²) >= 11 is 2.35. The van der Waals surface area contributed by atoms with E-state index in [9.17, 15) is 0 Å². The molecule has 0 aromatic heterocycles. The molecule has 1 aromatic carbocycles. The monoisotopic (exact) mass is 273 g/mol. The predicted molar refractivity (Wildman–Crippen MR) is 59.0 cm³/mol. The molecule has 0 unspecified atom stereocenters. The normalized spacial score (nSPS) is 22.0. The Morgan fingerprint density at radius 3 is 3.08 bits per heavy atom. The van der Waals surface area contributed by atoms with Crippen LogP contribution in [0.1, 0.15) is 30.0 Å². The zero-order valence-electron chi connectivity index (χ0n) is 6.89. The van der Waals surface area contributed by atoms with Crippen molar-refractivity contribution in [1.29, 1.82) is 0 Å². The third-order valence-electron chi connectivity index (χ3n) is 2.47. The van der Waals surface area contributed by atoms with Crippen LogP contribution in [-0.4, -0.2) is 0 Å². The number of nitrogens with two attached hydrogens (primary N) is 1. The molecule has 0 bridgehead atoms. The summed E-state index contributed by atoms with van der Waals surface area (Å²) in [5, 5.41) is 0. The van der Waals surface area contributed by atoms with E-state index in [1.54, 1.807) is 0 Å². The molecule has 0 amide bonds. The molecule has 64 valence electrons. The highest BCUT2D eigenvalue weighted by Crippen LogP contribution is 2.28. The van der Waals surface area contributed by atoms with Crippen LogP contribution in [-0.2, 0) is 6.42 Å². The van der Waals surface area contributed by atoms with E-state index in [2.05, 4.69) is 40.8 Å². The van der Waals surface area contributed by atoms with E-state index >= 15 is 0 Å². The summed E-state index contributed by atoms with van der Waals surface area (Å²) in [5.74, 6) is 0. The largest absolute Gasteiger partial charge is 0.324 e. The minimum atomic E-state index is 0.283. The molecule has 0 fully saturated rings. The van der Waals surface area contributed by atoms with Crippen LogP contribution in [0.4, 0.5) is 0 Å². The van der Waals surface area contributed by atoms with Gasteiger partial charge in [-0.05, 0) is 65.1 Å². The van der Waals surface area contributed by atoms with Crippen LogP contribution in [0, 0.1) is 3.57 Å². The van der Waals surface area contributed by atoms with Gasteiger partial charge in [-0.25, -0.2) is 0 Å². The van der Waals surface area contributed by atoms with Crippen LogP contribution in [0.25, 0.3) is 0 Å². The van der Waals surface area contributed by atoms with E-state index in [0.717, 1.165) is 6.42 Å². The molecule has 1 atom stereocenters. The molecule has 0 saturated heterocycles. The lowest BCUT2D eigenvalue weighted by atomic mass is 9.88. The second kappa shape index (κ2) is 3.34. The topological polar surface area (TPSA) is 26.0 Å². The zero-order valence-corrected chi connectivity index (χ0v) is 9.04. The van der Waals surface area contributed by atoms with Crippen LogP contribution in [0.3, 0.4) is 0 Å². The smallest absolute Gasteiger partial charge is 0.0297 e. The summed E-state index contributed by atoms with van der Waals surface area (Å²) in [6, 6.07) is 6.87. The predicted octanol–water partition coefficient (Wildman–Crippen LogP) is 2.63. The Morgan fingerprint density at radius 1 is 1.42 bits per heavy atom. The van der Waals surface area contributed by atoms with Crippen molar-refractivity contribution in [2.24, 2.45) is 5.73 Å². The van der Waals surface area contributed by atoms with Crippen molar-refractivity contribution < 1.29 is 0 Å². The van der Waals surface area contributed by atoms with Crippen LogP contribution < -0.4 is 5.73 Å². The molecule has 0 saturated carbocycles. The van der Waals surface area contributed by atoms with Gasteiger partial charge >= 0.3 is 0 Å². The lowest BCUT2D eigenvalue weighted by Crippen LogP contribution is -2.17. The van der Waals surface area contributed by atoms with Crippen molar-refractivity contribution in [2.75, 3.05) is 0 Å². The molecule has 2 heteroatoms. The fourth-order valence-corrected chi connectivity index (χ4v) is 2.38. The maximum atomic E-state index is 5.99. The highest BCUT2D eigenvalue weighted by Gasteiger charge is 2.15. The van der Waals surface area contributed by atoms with Crippen molar-refractivity contribution in [1.82, 2.24) is 0 Å². The molecular weight excluding hydrogens is 261 g/mol. The lowest BCUT2D eigenvalue weighted by molar-refractivity contribution is 0.570. The number of rotatable bonds is 0. The lowest BCUT2D eigenvalue weighted by Gasteiger charge is -2.21. The molecule has 0 spiro atoms. The summed E-state index contributed by atoms with van der Waals surface area (Å²) in [6.07, 6.45) is 3.60. The van der Waals surface area contributed by atoms with E-state index in [1.165, 1.54) is 27.5 Å². The van der Waals surface area contributed by atoms with Crippen molar-refractivity contribution in [2.45, 2.75) is 25.3 Å². The van der Waals surface area contributed by atoms with Crippen molar-refractivity contribution in [3.63, 3.8) is 0 Å². The maximum Gasteiger partial charge on any atom is 0.0297 e. The minimum absolute atomic E-state index is 0.283. The number of fused-ring (bicyclic) bond motifs is 1. The first-order valence-corrected chi connectivity index (χ1v) is 5.39. The molecule has 12 heavy (non-hydrogen) atoms. The van der Waals surface area contributed by atoms with Gasteiger partial charge in [0.2, 0.25) is 0 Å². The Hall–Kier alpha value is -0.0900. The summed E-state index contributed by atoms with van der Waals surface area (Å²) in [5.41, 5.74) is 8.82. The molecule has 0 radical (unpaired) electrons. The Bertz CT molecular complexity index is 296. The van der Waals surface area contributed by atoms with Crippen LogP contribution >= 0.6 is 22.6 Å². The van der Waals surface area contributed by atoms with Crippen molar-refractivity contribution >= 4 is 22.6 Å². The second-order valence-corrected chi connectivity index (χ2v) is 4.59. The average Bonchev–Trinajstić information content (AvgIpc) is 2.04. The molecule has 1 aromatic rings. The Balaban J connectivity index is 2.46. The average molecular weight is 273 g/mol. The first-order valence-electron chi connectivity index (χ1n) is 4.31. The van der Waals surface area contributed by atoms with E-state index in [0.29, 0.717) is 0 Å². The number of aryl methyl sites for hydroxylation is 1. The summed E-state index contributed by atoms with van der Waals surface area (Å²) < 4.78 is 1.32. The zero-order chi connectivity index (χ0) is 8.55. The highest BCUT2D eigenvalue weighted by atomic mass is 127. The molecule has 2 N–H and O–H groups in total. The number of hydrogen-bond donors (Lipinski definition) is 1.